The molecule has 1 aliphatic rings. The Balaban J connectivity index is 2.16. The second-order valence-electron chi connectivity index (χ2n) is 5.87. The molecule has 1 aromatic heterocycles. The highest BCUT2D eigenvalue weighted by molar-refractivity contribution is 6.04. The van der Waals surface area contributed by atoms with Crippen molar-refractivity contribution in [1.29, 1.82) is 0 Å². The zero-order valence-corrected chi connectivity index (χ0v) is 11.5. The Bertz CT molecular complexity index is 935. The number of hydrogen-bond donors (Lipinski definition) is 1. The van der Waals surface area contributed by atoms with Crippen molar-refractivity contribution < 1.29 is 4.74 Å². The molecule has 4 rings (SSSR count). The summed E-state index contributed by atoms with van der Waals surface area (Å²) in [5, 5.41) is 4.16. The summed E-state index contributed by atoms with van der Waals surface area (Å²) in [5.41, 5.74) is 1.98. The van der Waals surface area contributed by atoms with Crippen molar-refractivity contribution in [1.82, 2.24) is 9.97 Å². The van der Waals surface area contributed by atoms with Gasteiger partial charge in [-0.3, -0.25) is 0 Å². The van der Waals surface area contributed by atoms with Crippen LogP contribution in [0, 0.1) is 0 Å². The molecule has 3 aromatic rings. The summed E-state index contributed by atoms with van der Waals surface area (Å²) in [5.74, 6) is 0.986. The van der Waals surface area contributed by atoms with E-state index in [9.17, 15) is 0 Å². The number of ether oxygens (including phenoxy) is 1. The summed E-state index contributed by atoms with van der Waals surface area (Å²) in [7, 11) is 0. The van der Waals surface area contributed by atoms with E-state index in [4.69, 9.17) is 9.72 Å². The smallest absolute Gasteiger partial charge is 0.117 e. The van der Waals surface area contributed by atoms with Crippen molar-refractivity contribution in [3.8, 4) is 0 Å². The number of fused-ring (bicyclic) bond motifs is 3. The number of H-pyrrole nitrogens is 1. The number of rotatable bonds is 1. The van der Waals surface area contributed by atoms with Crippen LogP contribution >= 0.6 is 0 Å². The van der Waals surface area contributed by atoms with Crippen molar-refractivity contribution in [2.45, 2.75) is 12.3 Å². The van der Waals surface area contributed by atoms with Crippen LogP contribution in [-0.4, -0.2) is 23.2 Å². The molecule has 2 aromatic carbocycles. The van der Waals surface area contributed by atoms with Crippen LogP contribution in [0.5, 0.6) is 0 Å². The average Bonchev–Trinajstić information content (AvgIpc) is 2.88. The zero-order chi connectivity index (χ0) is 13.9. The third-order valence-corrected chi connectivity index (χ3v) is 4.29. The summed E-state index contributed by atoms with van der Waals surface area (Å²) in [6.07, 6.45) is 0. The molecule has 0 atom stereocenters. The predicted molar refractivity (Wildman–Crippen MR) is 82.1 cm³/mol. The van der Waals surface area contributed by atoms with Crippen molar-refractivity contribution in [3.05, 3.63) is 40.5 Å². The molecule has 0 unspecified atom stereocenters. The lowest BCUT2D eigenvalue weighted by atomic mass is 9.88. The molecule has 2 heterocycles. The molecule has 1 aliphatic heterocycles. The monoisotopic (exact) mass is 264 g/mol. The Kier molecular flexibility index (Phi) is 2.16. The highest BCUT2D eigenvalue weighted by Gasteiger charge is 2.38. The third kappa shape index (κ3) is 1.36. The molecule has 0 saturated carbocycles. The van der Waals surface area contributed by atoms with Gasteiger partial charge in [0.2, 0.25) is 0 Å². The van der Waals surface area contributed by atoms with Gasteiger partial charge in [0.05, 0.1) is 29.7 Å². The first kappa shape index (κ1) is 11.7. The number of benzene rings is 2. The lowest BCUT2D eigenvalue weighted by Crippen LogP contribution is -2.44. The molecule has 3 nitrogen and oxygen atoms in total. The van der Waals surface area contributed by atoms with Crippen LogP contribution in [0.1, 0.15) is 12.7 Å². The molecule has 3 heteroatoms. The number of aromatic nitrogens is 2. The van der Waals surface area contributed by atoms with Gasteiger partial charge >= 0.3 is 0 Å². The van der Waals surface area contributed by atoms with Gasteiger partial charge in [0.25, 0.3) is 0 Å². The SMILES string of the molecule is C=c1c(=C)c2[nH]c(C3(C)COC3)nc2c2ccccc12. The van der Waals surface area contributed by atoms with Gasteiger partial charge in [-0.1, -0.05) is 37.4 Å². The zero-order valence-electron chi connectivity index (χ0n) is 11.5. The van der Waals surface area contributed by atoms with Gasteiger partial charge in [0.1, 0.15) is 5.82 Å². The maximum atomic E-state index is 5.34. The highest BCUT2D eigenvalue weighted by atomic mass is 16.5. The third-order valence-electron chi connectivity index (χ3n) is 4.29. The van der Waals surface area contributed by atoms with E-state index in [1.54, 1.807) is 0 Å². The van der Waals surface area contributed by atoms with Gasteiger partial charge in [-0.2, -0.15) is 0 Å². The summed E-state index contributed by atoms with van der Waals surface area (Å²) in [6.45, 7) is 11.9. The fraction of sp³-hybridized carbons (Fsp3) is 0.235. The van der Waals surface area contributed by atoms with E-state index in [-0.39, 0.29) is 5.41 Å². The first-order valence-electron chi connectivity index (χ1n) is 6.77. The van der Waals surface area contributed by atoms with Crippen molar-refractivity contribution in [3.63, 3.8) is 0 Å². The van der Waals surface area contributed by atoms with Crippen LogP contribution in [0.25, 0.3) is 35.0 Å². The molecule has 100 valence electrons. The summed E-state index contributed by atoms with van der Waals surface area (Å²) < 4.78 is 5.34. The van der Waals surface area contributed by atoms with E-state index in [1.165, 1.54) is 0 Å². The minimum atomic E-state index is -0.00605. The minimum absolute atomic E-state index is 0.00605. The maximum absolute atomic E-state index is 5.34. The molecule has 0 radical (unpaired) electrons. The molecule has 1 fully saturated rings. The standard InChI is InChI=1S/C17H16N2O/c1-10-11(2)14-15(13-7-5-4-6-12(10)13)19-16(18-14)17(3)8-20-9-17/h4-7H,1-2,8-9H2,3H3,(H,18,19). The van der Waals surface area contributed by atoms with E-state index in [0.717, 1.165) is 38.1 Å². The van der Waals surface area contributed by atoms with Crippen LogP contribution in [0.4, 0.5) is 0 Å². The largest absolute Gasteiger partial charge is 0.379 e. The van der Waals surface area contributed by atoms with Gasteiger partial charge in [-0.05, 0) is 17.5 Å². The molecule has 20 heavy (non-hydrogen) atoms. The topological polar surface area (TPSA) is 37.9 Å². The molecular weight excluding hydrogens is 248 g/mol. The maximum Gasteiger partial charge on any atom is 0.117 e. The highest BCUT2D eigenvalue weighted by Crippen LogP contribution is 2.31. The molecule has 0 bridgehead atoms. The lowest BCUT2D eigenvalue weighted by molar-refractivity contribution is -0.0538. The normalized spacial score (nSPS) is 17.4. The number of aromatic amines is 1. The Morgan fingerprint density at radius 1 is 1.15 bits per heavy atom. The quantitative estimate of drug-likeness (QED) is 0.728. The lowest BCUT2D eigenvalue weighted by Gasteiger charge is -2.35. The van der Waals surface area contributed by atoms with Gasteiger partial charge in [-0.15, -0.1) is 0 Å². The Labute approximate surface area is 116 Å². The number of nitrogens with zero attached hydrogens (tertiary/aromatic N) is 1. The van der Waals surface area contributed by atoms with E-state index < -0.39 is 0 Å². The van der Waals surface area contributed by atoms with Crippen LogP contribution in [0.2, 0.25) is 0 Å². The number of nitrogens with one attached hydrogen (secondary N) is 1. The number of imidazole rings is 1. The van der Waals surface area contributed by atoms with Crippen LogP contribution in [0.3, 0.4) is 0 Å². The Morgan fingerprint density at radius 3 is 2.50 bits per heavy atom. The van der Waals surface area contributed by atoms with Crippen molar-refractivity contribution in [2.24, 2.45) is 0 Å². The second kappa shape index (κ2) is 3.70. The van der Waals surface area contributed by atoms with Gasteiger partial charge in [0.15, 0.2) is 0 Å². The molecular formula is C17H16N2O. The summed E-state index contributed by atoms with van der Waals surface area (Å²) in [6, 6.07) is 8.23. The summed E-state index contributed by atoms with van der Waals surface area (Å²) in [4.78, 5) is 8.28. The fourth-order valence-corrected chi connectivity index (χ4v) is 2.88. The van der Waals surface area contributed by atoms with E-state index in [0.29, 0.717) is 13.2 Å². The Hall–Kier alpha value is -2.13. The predicted octanol–water partition coefficient (Wildman–Crippen LogP) is 1.82. The molecule has 0 amide bonds. The first-order chi connectivity index (χ1) is 9.60. The van der Waals surface area contributed by atoms with Gasteiger partial charge in [0, 0.05) is 10.6 Å². The number of hydrogen-bond acceptors (Lipinski definition) is 2. The van der Waals surface area contributed by atoms with E-state index in [1.807, 2.05) is 12.1 Å². The second-order valence-corrected chi connectivity index (χ2v) is 5.87. The van der Waals surface area contributed by atoms with Gasteiger partial charge < -0.3 is 9.72 Å². The molecule has 0 aliphatic carbocycles. The fourth-order valence-electron chi connectivity index (χ4n) is 2.88. The van der Waals surface area contributed by atoms with Crippen LogP contribution in [-0.2, 0) is 10.2 Å². The van der Waals surface area contributed by atoms with E-state index >= 15 is 0 Å². The van der Waals surface area contributed by atoms with Crippen LogP contribution < -0.4 is 10.4 Å². The average molecular weight is 264 g/mol. The molecule has 0 spiro atoms. The summed E-state index contributed by atoms with van der Waals surface area (Å²) >= 11 is 0. The molecule has 1 saturated heterocycles. The molecule has 1 N–H and O–H groups in total. The Morgan fingerprint density at radius 2 is 1.85 bits per heavy atom. The van der Waals surface area contributed by atoms with Crippen molar-refractivity contribution in [2.75, 3.05) is 13.2 Å². The van der Waals surface area contributed by atoms with E-state index in [2.05, 4.69) is 37.2 Å². The minimum Gasteiger partial charge on any atom is -0.379 e. The van der Waals surface area contributed by atoms with Crippen LogP contribution in [0.15, 0.2) is 24.3 Å². The van der Waals surface area contributed by atoms with Gasteiger partial charge in [-0.25, -0.2) is 4.98 Å². The first-order valence-corrected chi connectivity index (χ1v) is 6.77. The van der Waals surface area contributed by atoms with Crippen molar-refractivity contribution >= 4 is 35.0 Å².